The molecule has 1 aromatic carbocycles. The average molecular weight is 439 g/mol. The monoisotopic (exact) mass is 438 g/mol. The summed E-state index contributed by atoms with van der Waals surface area (Å²) < 4.78 is 13.5. The number of carbonyl (C=O) groups excluding carboxylic acids is 2. The average Bonchev–Trinajstić information content (AvgIpc) is 2.78. The molecule has 0 bridgehead atoms. The molecule has 0 unspecified atom stereocenters. The number of amides is 2. The summed E-state index contributed by atoms with van der Waals surface area (Å²) >= 11 is 0. The molecular weight excluding hydrogens is 407 g/mol. The van der Waals surface area contributed by atoms with Crippen LogP contribution in [0, 0.1) is 18.7 Å². The molecular formula is C25H31FN4O2. The second-order valence-corrected chi connectivity index (χ2v) is 8.96. The number of carbonyl (C=O) groups is 2. The third-order valence-electron chi connectivity index (χ3n) is 6.53. The van der Waals surface area contributed by atoms with E-state index in [2.05, 4.69) is 5.32 Å². The molecule has 0 radical (unpaired) electrons. The van der Waals surface area contributed by atoms with Crippen molar-refractivity contribution in [1.29, 1.82) is 0 Å². The van der Waals surface area contributed by atoms with Crippen LogP contribution in [0.3, 0.4) is 0 Å². The molecule has 0 spiro atoms. The Bertz CT molecular complexity index is 988. The predicted octanol–water partition coefficient (Wildman–Crippen LogP) is 4.24. The standard InChI is InChI=1S/C25H31FN4O2/c1-17-13-23(28-22-7-3-6-21(26)14-22)15-24(27-17)20-5-4-10-30(16-20)25(32)19-8-11-29(12-9-19)18(2)31/h3,6-7,13-15,19-20H,4-5,8-12,16H2,1-2H3,(H,27,28)/t20-/m1/s1. The van der Waals surface area contributed by atoms with Crippen molar-refractivity contribution in [2.45, 2.75) is 45.4 Å². The van der Waals surface area contributed by atoms with Crippen molar-refractivity contribution in [1.82, 2.24) is 14.8 Å². The SMILES string of the molecule is CC(=O)N1CCC(C(=O)N2CCC[C@@H](c3cc(Nc4cccc(F)c4)cc(C)n3)C2)CC1. The van der Waals surface area contributed by atoms with Crippen molar-refractivity contribution in [2.75, 3.05) is 31.5 Å². The van der Waals surface area contributed by atoms with Crippen molar-refractivity contribution in [3.63, 3.8) is 0 Å². The number of rotatable bonds is 4. The second-order valence-electron chi connectivity index (χ2n) is 8.96. The Morgan fingerprint density at radius 2 is 1.81 bits per heavy atom. The van der Waals surface area contributed by atoms with Gasteiger partial charge in [0.05, 0.1) is 0 Å². The summed E-state index contributed by atoms with van der Waals surface area (Å²) in [5.74, 6) is 0.195. The minimum atomic E-state index is -0.281. The Kier molecular flexibility index (Phi) is 6.72. The van der Waals surface area contributed by atoms with Gasteiger partial charge in [-0.15, -0.1) is 0 Å². The van der Waals surface area contributed by atoms with E-state index in [0.29, 0.717) is 25.3 Å². The Balaban J connectivity index is 1.43. The number of nitrogens with one attached hydrogen (secondary N) is 1. The summed E-state index contributed by atoms with van der Waals surface area (Å²) in [4.78, 5) is 33.3. The maximum absolute atomic E-state index is 13.5. The number of aromatic nitrogens is 1. The van der Waals surface area contributed by atoms with Gasteiger partial charge in [0.2, 0.25) is 11.8 Å². The van der Waals surface area contributed by atoms with Crippen LogP contribution in [-0.2, 0) is 9.59 Å². The fourth-order valence-corrected chi connectivity index (χ4v) is 4.83. The molecule has 2 aliphatic heterocycles. The van der Waals surface area contributed by atoms with Gasteiger partial charge in [0.15, 0.2) is 0 Å². The summed E-state index contributed by atoms with van der Waals surface area (Å²) in [6.45, 7) is 6.32. The molecule has 1 N–H and O–H groups in total. The Labute approximate surface area is 188 Å². The van der Waals surface area contributed by atoms with Gasteiger partial charge in [-0.3, -0.25) is 14.6 Å². The number of halogens is 1. The quantitative estimate of drug-likeness (QED) is 0.776. The number of likely N-dealkylation sites (tertiary alicyclic amines) is 2. The van der Waals surface area contributed by atoms with E-state index >= 15 is 0 Å². The van der Waals surface area contributed by atoms with Crippen molar-refractivity contribution in [3.8, 4) is 0 Å². The predicted molar refractivity (Wildman–Crippen MR) is 122 cm³/mol. The first-order valence-electron chi connectivity index (χ1n) is 11.4. The van der Waals surface area contributed by atoms with Gasteiger partial charge in [-0.05, 0) is 62.9 Å². The van der Waals surface area contributed by atoms with E-state index in [-0.39, 0.29) is 29.5 Å². The lowest BCUT2D eigenvalue weighted by Crippen LogP contribution is -2.46. The van der Waals surface area contributed by atoms with E-state index in [1.165, 1.54) is 12.1 Å². The van der Waals surface area contributed by atoms with Gasteiger partial charge in [0, 0.05) is 67.7 Å². The van der Waals surface area contributed by atoms with E-state index < -0.39 is 0 Å². The van der Waals surface area contributed by atoms with Crippen LogP contribution >= 0.6 is 0 Å². The number of hydrogen-bond donors (Lipinski definition) is 1. The first kappa shape index (κ1) is 22.2. The minimum absolute atomic E-state index is 0.0000216. The maximum Gasteiger partial charge on any atom is 0.225 e. The normalized spacial score (nSPS) is 19.7. The number of benzene rings is 1. The highest BCUT2D eigenvalue weighted by molar-refractivity contribution is 5.80. The van der Waals surface area contributed by atoms with Crippen LogP contribution in [0.5, 0.6) is 0 Å². The lowest BCUT2D eigenvalue weighted by Gasteiger charge is -2.37. The summed E-state index contributed by atoms with van der Waals surface area (Å²) in [6, 6.07) is 10.4. The highest BCUT2D eigenvalue weighted by atomic mass is 19.1. The molecule has 170 valence electrons. The molecule has 2 aromatic rings. The van der Waals surface area contributed by atoms with Crippen LogP contribution in [0.1, 0.15) is 49.9 Å². The molecule has 7 heteroatoms. The van der Waals surface area contributed by atoms with Crippen LogP contribution in [0.25, 0.3) is 0 Å². The van der Waals surface area contributed by atoms with E-state index in [1.54, 1.807) is 13.0 Å². The Morgan fingerprint density at radius 3 is 2.53 bits per heavy atom. The zero-order valence-electron chi connectivity index (χ0n) is 18.8. The molecule has 6 nitrogen and oxygen atoms in total. The molecule has 2 fully saturated rings. The Morgan fingerprint density at radius 1 is 1.03 bits per heavy atom. The van der Waals surface area contributed by atoms with Crippen LogP contribution in [0.15, 0.2) is 36.4 Å². The number of nitrogens with zero attached hydrogens (tertiary/aromatic N) is 3. The zero-order valence-corrected chi connectivity index (χ0v) is 18.8. The van der Waals surface area contributed by atoms with Crippen molar-refractivity contribution < 1.29 is 14.0 Å². The van der Waals surface area contributed by atoms with Gasteiger partial charge >= 0.3 is 0 Å². The first-order valence-corrected chi connectivity index (χ1v) is 11.4. The molecule has 0 aliphatic carbocycles. The second kappa shape index (κ2) is 9.67. The molecule has 2 amide bonds. The third-order valence-corrected chi connectivity index (χ3v) is 6.53. The number of piperidine rings is 2. The summed E-state index contributed by atoms with van der Waals surface area (Å²) in [6.07, 6.45) is 3.42. The lowest BCUT2D eigenvalue weighted by atomic mass is 9.90. The van der Waals surface area contributed by atoms with Gasteiger partial charge < -0.3 is 15.1 Å². The van der Waals surface area contributed by atoms with Crippen molar-refractivity contribution in [3.05, 3.63) is 53.6 Å². The van der Waals surface area contributed by atoms with Gasteiger partial charge in [0.25, 0.3) is 0 Å². The molecule has 32 heavy (non-hydrogen) atoms. The lowest BCUT2D eigenvalue weighted by molar-refractivity contribution is -0.141. The fourth-order valence-electron chi connectivity index (χ4n) is 4.83. The highest BCUT2D eigenvalue weighted by Gasteiger charge is 2.32. The van der Waals surface area contributed by atoms with Crippen LogP contribution in [0.2, 0.25) is 0 Å². The molecule has 4 rings (SSSR count). The highest BCUT2D eigenvalue weighted by Crippen LogP contribution is 2.31. The molecule has 2 aliphatic rings. The smallest absolute Gasteiger partial charge is 0.225 e. The maximum atomic E-state index is 13.5. The molecule has 1 aromatic heterocycles. The van der Waals surface area contributed by atoms with E-state index in [4.69, 9.17) is 4.98 Å². The van der Waals surface area contributed by atoms with E-state index in [1.807, 2.05) is 34.9 Å². The molecule has 1 atom stereocenters. The number of anilines is 2. The zero-order chi connectivity index (χ0) is 22.7. The summed E-state index contributed by atoms with van der Waals surface area (Å²) in [7, 11) is 0. The summed E-state index contributed by atoms with van der Waals surface area (Å²) in [5.41, 5.74) is 3.42. The number of aryl methyl sites for hydroxylation is 1. The minimum Gasteiger partial charge on any atom is -0.355 e. The van der Waals surface area contributed by atoms with Gasteiger partial charge in [-0.1, -0.05) is 6.07 Å². The first-order chi connectivity index (χ1) is 15.4. The third kappa shape index (κ3) is 5.26. The fraction of sp³-hybridized carbons (Fsp3) is 0.480. The number of hydrogen-bond acceptors (Lipinski definition) is 4. The van der Waals surface area contributed by atoms with Crippen LogP contribution < -0.4 is 5.32 Å². The van der Waals surface area contributed by atoms with Crippen molar-refractivity contribution in [2.24, 2.45) is 5.92 Å². The van der Waals surface area contributed by atoms with Gasteiger partial charge in [-0.25, -0.2) is 4.39 Å². The number of pyridine rings is 1. The van der Waals surface area contributed by atoms with E-state index in [0.717, 1.165) is 49.3 Å². The summed E-state index contributed by atoms with van der Waals surface area (Å²) in [5, 5.41) is 3.27. The van der Waals surface area contributed by atoms with Gasteiger partial charge in [-0.2, -0.15) is 0 Å². The Hall–Kier alpha value is -2.96. The molecule has 2 saturated heterocycles. The molecule has 0 saturated carbocycles. The topological polar surface area (TPSA) is 65.5 Å². The van der Waals surface area contributed by atoms with Crippen molar-refractivity contribution >= 4 is 23.2 Å². The van der Waals surface area contributed by atoms with Crippen LogP contribution in [-0.4, -0.2) is 52.8 Å². The van der Waals surface area contributed by atoms with Crippen LogP contribution in [0.4, 0.5) is 15.8 Å². The largest absolute Gasteiger partial charge is 0.355 e. The molecule has 3 heterocycles. The van der Waals surface area contributed by atoms with E-state index in [9.17, 15) is 14.0 Å². The van der Waals surface area contributed by atoms with Gasteiger partial charge in [0.1, 0.15) is 5.82 Å².